The number of aromatic amines is 1. The molecule has 1 nitrogen and oxygen atoms in total. The molecule has 0 aliphatic heterocycles. The highest BCUT2D eigenvalue weighted by Gasteiger charge is 2.35. The lowest BCUT2D eigenvalue weighted by Crippen LogP contribution is -2.14. The van der Waals surface area contributed by atoms with Crippen LogP contribution in [-0.4, -0.2) is 4.98 Å². The summed E-state index contributed by atoms with van der Waals surface area (Å²) in [6.45, 7) is 8.69. The van der Waals surface area contributed by atoms with E-state index in [-0.39, 0.29) is 5.41 Å². The van der Waals surface area contributed by atoms with Gasteiger partial charge in [-0.3, -0.25) is 0 Å². The quantitative estimate of drug-likeness (QED) is 0.210. The molecular weight excluding hydrogens is 555 g/mol. The van der Waals surface area contributed by atoms with Crippen LogP contribution in [0.5, 0.6) is 0 Å². The average Bonchev–Trinajstić information content (AvgIpc) is 3.62. The molecule has 0 saturated heterocycles. The van der Waals surface area contributed by atoms with Gasteiger partial charge in [-0.1, -0.05) is 149 Å². The van der Waals surface area contributed by atoms with Gasteiger partial charge in [-0.15, -0.1) is 0 Å². The molecule has 1 aromatic heterocycles. The summed E-state index contributed by atoms with van der Waals surface area (Å²) < 4.78 is 0. The molecule has 1 N–H and O–H groups in total. The van der Waals surface area contributed by atoms with Gasteiger partial charge in [0.05, 0.1) is 5.52 Å². The Kier molecular flexibility index (Phi) is 6.65. The smallest absolute Gasteiger partial charge is 0.0544 e. The molecule has 222 valence electrons. The molecule has 0 radical (unpaired) electrons. The van der Waals surface area contributed by atoms with Crippen molar-refractivity contribution in [3.63, 3.8) is 0 Å². The van der Waals surface area contributed by atoms with Crippen LogP contribution in [0.25, 0.3) is 77.1 Å². The number of nitrogens with one attached hydrogen (secondary N) is 1. The minimum absolute atomic E-state index is 0.0101. The SMILES string of the molecule is CC.CC1(C)c2ccccc2-c2ccc(-c3cccc(-c4cccc(-c5cccc6c5[nH]c5ccc7ccccc7c56)c4)c3)cc21. The summed E-state index contributed by atoms with van der Waals surface area (Å²) in [5.74, 6) is 0. The second-order valence-electron chi connectivity index (χ2n) is 12.7. The van der Waals surface area contributed by atoms with Crippen LogP contribution >= 0.6 is 0 Å². The van der Waals surface area contributed by atoms with Crippen molar-refractivity contribution in [1.29, 1.82) is 0 Å². The zero-order valence-corrected chi connectivity index (χ0v) is 26.9. The first kappa shape index (κ1) is 28.1. The second-order valence-corrected chi connectivity index (χ2v) is 12.7. The third kappa shape index (κ3) is 4.30. The molecule has 1 aliphatic rings. The first-order valence-corrected chi connectivity index (χ1v) is 16.4. The Morgan fingerprint density at radius 3 is 1.83 bits per heavy atom. The summed E-state index contributed by atoms with van der Waals surface area (Å²) in [5.41, 5.74) is 15.3. The van der Waals surface area contributed by atoms with E-state index in [1.54, 1.807) is 0 Å². The molecule has 0 bridgehead atoms. The van der Waals surface area contributed by atoms with Gasteiger partial charge >= 0.3 is 0 Å². The lowest BCUT2D eigenvalue weighted by molar-refractivity contribution is 0.660. The van der Waals surface area contributed by atoms with Crippen LogP contribution in [0.1, 0.15) is 38.8 Å². The van der Waals surface area contributed by atoms with Gasteiger partial charge in [-0.2, -0.15) is 0 Å². The minimum atomic E-state index is -0.0101. The predicted octanol–water partition coefficient (Wildman–Crippen LogP) is 12.8. The first-order valence-electron chi connectivity index (χ1n) is 16.4. The highest BCUT2D eigenvalue weighted by atomic mass is 14.7. The molecule has 8 aromatic rings. The van der Waals surface area contributed by atoms with E-state index in [1.807, 2.05) is 13.8 Å². The van der Waals surface area contributed by atoms with E-state index in [0.29, 0.717) is 0 Å². The third-order valence-corrected chi connectivity index (χ3v) is 9.81. The highest BCUT2D eigenvalue weighted by molar-refractivity contribution is 6.22. The fourth-order valence-corrected chi connectivity index (χ4v) is 7.56. The maximum Gasteiger partial charge on any atom is 0.0544 e. The van der Waals surface area contributed by atoms with Crippen molar-refractivity contribution in [3.8, 4) is 44.5 Å². The lowest BCUT2D eigenvalue weighted by Gasteiger charge is -2.22. The molecule has 9 rings (SSSR count). The molecule has 46 heavy (non-hydrogen) atoms. The lowest BCUT2D eigenvalue weighted by atomic mass is 9.81. The monoisotopic (exact) mass is 591 g/mol. The van der Waals surface area contributed by atoms with Crippen LogP contribution in [0, 0.1) is 0 Å². The van der Waals surface area contributed by atoms with Crippen LogP contribution in [0.15, 0.2) is 146 Å². The van der Waals surface area contributed by atoms with Crippen molar-refractivity contribution in [2.45, 2.75) is 33.1 Å². The molecule has 0 spiro atoms. The fraction of sp³-hybridized carbons (Fsp3) is 0.111. The van der Waals surface area contributed by atoms with Gasteiger partial charge in [0, 0.05) is 27.3 Å². The summed E-state index contributed by atoms with van der Waals surface area (Å²) in [6, 6.07) is 53.6. The standard InChI is InChI=1S/C43H31N.C2H6/c1-43(2)38-19-6-5-16-35(38)36-22-20-31(26-39(36)43)29-12-7-11-28(24-29)30-13-8-14-32(25-30)34-17-9-18-37-41-33-15-4-3-10-27(33)21-23-40(41)44-42(34)37;1-2/h3-26,44H,1-2H3;1-2H3. The number of hydrogen-bond donors (Lipinski definition) is 1. The van der Waals surface area contributed by atoms with Crippen molar-refractivity contribution >= 4 is 32.6 Å². The van der Waals surface area contributed by atoms with E-state index < -0.39 is 0 Å². The number of H-pyrrole nitrogens is 1. The Balaban J connectivity index is 0.00000153. The Labute approximate surface area is 271 Å². The zero-order chi connectivity index (χ0) is 31.4. The summed E-state index contributed by atoms with van der Waals surface area (Å²) in [6.07, 6.45) is 0. The molecule has 0 amide bonds. The van der Waals surface area contributed by atoms with E-state index in [0.717, 1.165) is 0 Å². The Bertz CT molecular complexity index is 2420. The average molecular weight is 592 g/mol. The van der Waals surface area contributed by atoms with E-state index in [1.165, 1.54) is 88.2 Å². The van der Waals surface area contributed by atoms with Crippen LogP contribution in [-0.2, 0) is 5.41 Å². The van der Waals surface area contributed by atoms with Crippen molar-refractivity contribution < 1.29 is 0 Å². The number of rotatable bonds is 3. The van der Waals surface area contributed by atoms with E-state index in [9.17, 15) is 0 Å². The van der Waals surface area contributed by atoms with Crippen LogP contribution < -0.4 is 0 Å². The van der Waals surface area contributed by atoms with Crippen molar-refractivity contribution in [2.75, 3.05) is 0 Å². The number of para-hydroxylation sites is 1. The van der Waals surface area contributed by atoms with Crippen LogP contribution in [0.4, 0.5) is 0 Å². The van der Waals surface area contributed by atoms with Gasteiger partial charge in [0.1, 0.15) is 0 Å². The number of hydrogen-bond acceptors (Lipinski definition) is 0. The Morgan fingerprint density at radius 2 is 1.02 bits per heavy atom. The maximum atomic E-state index is 3.76. The third-order valence-electron chi connectivity index (χ3n) is 9.81. The molecular formula is C45H37N. The number of fused-ring (bicyclic) bond motifs is 8. The topological polar surface area (TPSA) is 15.8 Å². The number of benzene rings is 7. The summed E-state index contributed by atoms with van der Waals surface area (Å²) in [7, 11) is 0. The van der Waals surface area contributed by atoms with E-state index >= 15 is 0 Å². The van der Waals surface area contributed by atoms with Gasteiger partial charge < -0.3 is 4.98 Å². The maximum absolute atomic E-state index is 3.76. The molecule has 1 heterocycles. The Hall–Kier alpha value is -5.40. The molecule has 7 aromatic carbocycles. The minimum Gasteiger partial charge on any atom is -0.354 e. The zero-order valence-electron chi connectivity index (χ0n) is 26.9. The predicted molar refractivity (Wildman–Crippen MR) is 199 cm³/mol. The molecule has 0 saturated carbocycles. The fourth-order valence-electron chi connectivity index (χ4n) is 7.56. The first-order chi connectivity index (χ1) is 22.6. The van der Waals surface area contributed by atoms with Gasteiger partial charge in [-0.25, -0.2) is 0 Å². The normalized spacial score (nSPS) is 13.0. The molecule has 0 unspecified atom stereocenters. The van der Waals surface area contributed by atoms with Gasteiger partial charge in [-0.05, 0) is 85.1 Å². The highest BCUT2D eigenvalue weighted by Crippen LogP contribution is 2.49. The van der Waals surface area contributed by atoms with Crippen molar-refractivity contribution in [1.82, 2.24) is 4.98 Å². The van der Waals surface area contributed by atoms with Crippen molar-refractivity contribution in [3.05, 3.63) is 157 Å². The second kappa shape index (κ2) is 10.9. The van der Waals surface area contributed by atoms with Gasteiger partial charge in [0.2, 0.25) is 0 Å². The molecule has 1 aliphatic carbocycles. The largest absolute Gasteiger partial charge is 0.354 e. The molecule has 0 fully saturated rings. The Morgan fingerprint density at radius 1 is 0.435 bits per heavy atom. The van der Waals surface area contributed by atoms with E-state index in [2.05, 4.69) is 164 Å². The summed E-state index contributed by atoms with van der Waals surface area (Å²) >= 11 is 0. The molecule has 0 atom stereocenters. The van der Waals surface area contributed by atoms with Crippen molar-refractivity contribution in [2.24, 2.45) is 0 Å². The molecule has 1 heteroatoms. The number of aromatic nitrogens is 1. The van der Waals surface area contributed by atoms with E-state index in [4.69, 9.17) is 0 Å². The summed E-state index contributed by atoms with van der Waals surface area (Å²) in [5, 5.41) is 5.12. The van der Waals surface area contributed by atoms with Crippen LogP contribution in [0.3, 0.4) is 0 Å². The summed E-state index contributed by atoms with van der Waals surface area (Å²) in [4.78, 5) is 3.76. The van der Waals surface area contributed by atoms with Gasteiger partial charge in [0.15, 0.2) is 0 Å². The van der Waals surface area contributed by atoms with Crippen LogP contribution in [0.2, 0.25) is 0 Å². The van der Waals surface area contributed by atoms with Gasteiger partial charge in [0.25, 0.3) is 0 Å².